The Morgan fingerprint density at radius 2 is 1.74 bits per heavy atom. The van der Waals surface area contributed by atoms with Gasteiger partial charge in [0.2, 0.25) is 10.0 Å². The van der Waals surface area contributed by atoms with Crippen LogP contribution in [0.1, 0.15) is 21.5 Å². The van der Waals surface area contributed by atoms with E-state index in [0.29, 0.717) is 16.9 Å². The largest absolute Gasteiger partial charge is 0.489 e. The topological polar surface area (TPSA) is 96.3 Å². The molecule has 10 heteroatoms. The van der Waals surface area contributed by atoms with Gasteiger partial charge in [-0.1, -0.05) is 18.2 Å². The van der Waals surface area contributed by atoms with E-state index in [-0.39, 0.29) is 12.2 Å². The zero-order valence-electron chi connectivity index (χ0n) is 13.7. The number of alkyl halides is 3. The molecule has 2 aromatic carbocycles. The molecule has 0 radical (unpaired) electrons. The highest BCUT2D eigenvalue weighted by atomic mass is 32.2. The molecule has 0 bridgehead atoms. The third-order valence-electron chi connectivity index (χ3n) is 3.25. The Morgan fingerprint density at radius 3 is 2.33 bits per heavy atom. The number of amides is 1. The molecule has 0 fully saturated rings. The van der Waals surface area contributed by atoms with Crippen molar-refractivity contribution in [1.29, 1.82) is 5.26 Å². The number of hydrogen-bond acceptors (Lipinski definition) is 5. The van der Waals surface area contributed by atoms with Crippen LogP contribution in [-0.2, 0) is 16.6 Å². The highest BCUT2D eigenvalue weighted by Gasteiger charge is 2.36. The maximum absolute atomic E-state index is 12.2. The van der Waals surface area contributed by atoms with Gasteiger partial charge >= 0.3 is 6.18 Å². The SMILES string of the molecule is N#Cc1ccccc1COc1ccc(C(=O)NS(=O)(=O)CC(F)(F)F)cc1. The van der Waals surface area contributed by atoms with E-state index in [1.807, 2.05) is 6.07 Å². The number of carbonyl (C=O) groups excluding carboxylic acids is 1. The molecule has 0 spiro atoms. The summed E-state index contributed by atoms with van der Waals surface area (Å²) in [7, 11) is -4.84. The molecule has 0 unspecified atom stereocenters. The second kappa shape index (κ2) is 8.09. The van der Waals surface area contributed by atoms with Crippen molar-refractivity contribution in [3.63, 3.8) is 0 Å². The maximum Gasteiger partial charge on any atom is 0.404 e. The molecule has 0 aliphatic heterocycles. The number of hydrogen-bond donors (Lipinski definition) is 1. The standard InChI is InChI=1S/C17H13F3N2O4S/c18-17(19,20)11-27(24,25)22-16(23)12-5-7-15(8-6-12)26-10-14-4-2-1-3-13(14)9-21/h1-8H,10-11H2,(H,22,23). The molecule has 0 saturated heterocycles. The average molecular weight is 398 g/mol. The summed E-state index contributed by atoms with van der Waals surface area (Å²) in [6.45, 7) is 0.0925. The van der Waals surface area contributed by atoms with Gasteiger partial charge in [-0.3, -0.25) is 4.79 Å². The summed E-state index contributed by atoms with van der Waals surface area (Å²) in [4.78, 5) is 11.8. The molecule has 0 aromatic heterocycles. The maximum atomic E-state index is 12.2. The van der Waals surface area contributed by atoms with Gasteiger partial charge in [0.25, 0.3) is 5.91 Å². The summed E-state index contributed by atoms with van der Waals surface area (Å²) in [6, 6.07) is 14.0. The van der Waals surface area contributed by atoms with E-state index in [4.69, 9.17) is 10.00 Å². The van der Waals surface area contributed by atoms with Crippen molar-refractivity contribution >= 4 is 15.9 Å². The molecule has 0 atom stereocenters. The van der Waals surface area contributed by atoms with Crippen LogP contribution in [0.15, 0.2) is 48.5 Å². The van der Waals surface area contributed by atoms with Crippen molar-refractivity contribution in [3.05, 3.63) is 65.2 Å². The Labute approximate surface area is 153 Å². The lowest BCUT2D eigenvalue weighted by atomic mass is 10.1. The number of nitrogens with zero attached hydrogens (tertiary/aromatic N) is 1. The molecule has 142 valence electrons. The molecule has 0 aliphatic carbocycles. The predicted molar refractivity (Wildman–Crippen MR) is 89.2 cm³/mol. The molecule has 1 N–H and O–H groups in total. The van der Waals surface area contributed by atoms with E-state index < -0.39 is 27.9 Å². The lowest BCUT2D eigenvalue weighted by molar-refractivity contribution is -0.106. The molecule has 27 heavy (non-hydrogen) atoms. The van der Waals surface area contributed by atoms with E-state index in [9.17, 15) is 26.4 Å². The van der Waals surface area contributed by atoms with E-state index >= 15 is 0 Å². The first-order valence-corrected chi connectivity index (χ1v) is 9.07. The van der Waals surface area contributed by atoms with Gasteiger partial charge in [-0.05, 0) is 30.3 Å². The summed E-state index contributed by atoms with van der Waals surface area (Å²) in [5.41, 5.74) is 0.953. The Hall–Kier alpha value is -3.06. The molecule has 0 saturated carbocycles. The minimum Gasteiger partial charge on any atom is -0.489 e. The Kier molecular flexibility index (Phi) is 6.07. The second-order valence-corrected chi connectivity index (χ2v) is 7.11. The van der Waals surface area contributed by atoms with Gasteiger partial charge in [0.05, 0.1) is 11.6 Å². The van der Waals surface area contributed by atoms with Crippen LogP contribution in [0, 0.1) is 11.3 Å². The fraction of sp³-hybridized carbons (Fsp3) is 0.176. The summed E-state index contributed by atoms with van der Waals surface area (Å²) < 4.78 is 66.0. The van der Waals surface area contributed by atoms with Gasteiger partial charge in [0.1, 0.15) is 12.4 Å². The van der Waals surface area contributed by atoms with E-state index in [1.165, 1.54) is 29.0 Å². The number of carbonyl (C=O) groups is 1. The zero-order chi connectivity index (χ0) is 20.1. The number of nitrogens with one attached hydrogen (secondary N) is 1. The van der Waals surface area contributed by atoms with E-state index in [1.54, 1.807) is 24.3 Å². The monoisotopic (exact) mass is 398 g/mol. The highest BCUT2D eigenvalue weighted by Crippen LogP contribution is 2.18. The zero-order valence-corrected chi connectivity index (χ0v) is 14.5. The number of nitriles is 1. The Morgan fingerprint density at radius 1 is 1.11 bits per heavy atom. The first kappa shape index (κ1) is 20.3. The molecule has 2 aromatic rings. The van der Waals surface area contributed by atoms with Gasteiger partial charge in [-0.15, -0.1) is 0 Å². The summed E-state index contributed by atoms with van der Waals surface area (Å²) >= 11 is 0. The quantitative estimate of drug-likeness (QED) is 0.807. The molecule has 0 aliphatic rings. The van der Waals surface area contributed by atoms with Gasteiger partial charge < -0.3 is 4.74 Å². The minimum absolute atomic E-state index is 0.0925. The Balaban J connectivity index is 2.00. The van der Waals surface area contributed by atoms with Crippen molar-refractivity contribution < 1.29 is 31.1 Å². The van der Waals surface area contributed by atoms with Crippen molar-refractivity contribution in [3.8, 4) is 11.8 Å². The van der Waals surface area contributed by atoms with Crippen LogP contribution in [-0.4, -0.2) is 26.3 Å². The van der Waals surface area contributed by atoms with Crippen molar-refractivity contribution in [2.75, 3.05) is 5.75 Å². The van der Waals surface area contributed by atoms with Crippen LogP contribution in [0.4, 0.5) is 13.2 Å². The van der Waals surface area contributed by atoms with Crippen LogP contribution >= 0.6 is 0 Å². The number of halogens is 3. The molecule has 2 rings (SSSR count). The fourth-order valence-electron chi connectivity index (χ4n) is 2.07. The second-order valence-electron chi connectivity index (χ2n) is 5.39. The Bertz CT molecular complexity index is 965. The smallest absolute Gasteiger partial charge is 0.404 e. The van der Waals surface area contributed by atoms with E-state index in [0.717, 1.165) is 0 Å². The van der Waals surface area contributed by atoms with Gasteiger partial charge in [-0.25, -0.2) is 13.1 Å². The number of rotatable bonds is 6. The fourth-order valence-corrected chi connectivity index (χ4v) is 2.97. The van der Waals surface area contributed by atoms with Gasteiger partial charge in [0, 0.05) is 11.1 Å². The van der Waals surface area contributed by atoms with E-state index in [2.05, 4.69) is 0 Å². The highest BCUT2D eigenvalue weighted by molar-refractivity contribution is 7.90. The molecule has 0 heterocycles. The minimum atomic E-state index is -4.95. The first-order valence-electron chi connectivity index (χ1n) is 7.42. The van der Waals surface area contributed by atoms with Crippen molar-refractivity contribution in [2.45, 2.75) is 12.8 Å². The lowest BCUT2D eigenvalue weighted by Gasteiger charge is -2.10. The normalized spacial score (nSPS) is 11.5. The van der Waals surface area contributed by atoms with Crippen LogP contribution in [0.25, 0.3) is 0 Å². The number of sulfonamides is 1. The summed E-state index contributed by atoms with van der Waals surface area (Å²) in [5.74, 6) is -3.00. The predicted octanol–water partition coefficient (Wildman–Crippen LogP) is 2.76. The van der Waals surface area contributed by atoms with Crippen molar-refractivity contribution in [1.82, 2.24) is 4.72 Å². The number of benzene rings is 2. The van der Waals surface area contributed by atoms with Crippen LogP contribution in [0.2, 0.25) is 0 Å². The third-order valence-corrected chi connectivity index (χ3v) is 4.45. The van der Waals surface area contributed by atoms with Crippen LogP contribution < -0.4 is 9.46 Å². The van der Waals surface area contributed by atoms with Crippen LogP contribution in [0.3, 0.4) is 0 Å². The van der Waals surface area contributed by atoms with Crippen molar-refractivity contribution in [2.24, 2.45) is 0 Å². The summed E-state index contributed by atoms with van der Waals surface area (Å²) in [5, 5.41) is 9.01. The van der Waals surface area contributed by atoms with Gasteiger partial charge in [0.15, 0.2) is 5.75 Å². The molecular formula is C17H13F3N2O4S. The first-order chi connectivity index (χ1) is 12.6. The number of ether oxygens (including phenoxy) is 1. The van der Waals surface area contributed by atoms with Crippen LogP contribution in [0.5, 0.6) is 5.75 Å². The molecule has 6 nitrogen and oxygen atoms in total. The van der Waals surface area contributed by atoms with Gasteiger partial charge in [-0.2, -0.15) is 18.4 Å². The molecular weight excluding hydrogens is 385 g/mol. The third kappa shape index (κ3) is 6.31. The lowest BCUT2D eigenvalue weighted by Crippen LogP contribution is -2.37. The molecule has 1 amide bonds. The average Bonchev–Trinajstić information content (AvgIpc) is 2.58. The summed E-state index contributed by atoms with van der Waals surface area (Å²) in [6.07, 6.45) is -4.95.